The molecule has 0 saturated carbocycles. The van der Waals surface area contributed by atoms with Crippen LogP contribution in [-0.2, 0) is 6.42 Å². The first-order valence-electron chi connectivity index (χ1n) is 4.25. The molecular formula is C11H11ClO. The zero-order valence-corrected chi connectivity index (χ0v) is 8.48. The Morgan fingerprint density at radius 2 is 2.15 bits per heavy atom. The molecule has 1 nitrogen and oxygen atoms in total. The van der Waals surface area contributed by atoms with Crippen molar-refractivity contribution in [2.75, 3.05) is 7.11 Å². The van der Waals surface area contributed by atoms with Gasteiger partial charge in [0.05, 0.1) is 7.11 Å². The van der Waals surface area contributed by atoms with E-state index in [9.17, 15) is 0 Å². The zero-order valence-electron chi connectivity index (χ0n) is 7.73. The third-order valence-corrected chi connectivity index (χ3v) is 2.91. The molecule has 68 valence electrons. The van der Waals surface area contributed by atoms with Crippen LogP contribution >= 0.6 is 11.6 Å². The van der Waals surface area contributed by atoms with Gasteiger partial charge in [-0.15, -0.1) is 0 Å². The van der Waals surface area contributed by atoms with Crippen molar-refractivity contribution in [1.29, 1.82) is 0 Å². The van der Waals surface area contributed by atoms with Crippen LogP contribution < -0.4 is 4.74 Å². The molecule has 13 heavy (non-hydrogen) atoms. The number of rotatable bonds is 1. The Morgan fingerprint density at radius 1 is 1.38 bits per heavy atom. The van der Waals surface area contributed by atoms with Gasteiger partial charge in [-0.3, -0.25) is 0 Å². The molecule has 1 aromatic carbocycles. The Morgan fingerprint density at radius 3 is 2.85 bits per heavy atom. The molecule has 1 aliphatic carbocycles. The molecule has 0 aromatic heterocycles. The molecule has 0 unspecified atom stereocenters. The summed E-state index contributed by atoms with van der Waals surface area (Å²) in [6.07, 6.45) is 0.970. The van der Waals surface area contributed by atoms with Gasteiger partial charge in [0.1, 0.15) is 5.75 Å². The van der Waals surface area contributed by atoms with Crippen LogP contribution in [0.15, 0.2) is 23.8 Å². The molecule has 1 aromatic rings. The summed E-state index contributed by atoms with van der Waals surface area (Å²) in [5, 5.41) is 0.883. The molecule has 0 radical (unpaired) electrons. The van der Waals surface area contributed by atoms with Crippen molar-refractivity contribution in [3.8, 4) is 5.75 Å². The monoisotopic (exact) mass is 194 g/mol. The number of hydrogen-bond donors (Lipinski definition) is 0. The normalized spacial score (nSPS) is 14.7. The van der Waals surface area contributed by atoms with Gasteiger partial charge in [-0.1, -0.05) is 17.7 Å². The maximum Gasteiger partial charge on any atom is 0.119 e. The number of benzene rings is 1. The fraction of sp³-hybridized carbons (Fsp3) is 0.273. The van der Waals surface area contributed by atoms with Crippen molar-refractivity contribution < 1.29 is 4.74 Å². The van der Waals surface area contributed by atoms with E-state index >= 15 is 0 Å². The lowest BCUT2D eigenvalue weighted by Crippen LogP contribution is -1.86. The average molecular weight is 195 g/mol. The van der Waals surface area contributed by atoms with Crippen molar-refractivity contribution in [3.63, 3.8) is 0 Å². The molecule has 0 aliphatic heterocycles. The summed E-state index contributed by atoms with van der Waals surface area (Å²) < 4.78 is 5.14. The summed E-state index contributed by atoms with van der Waals surface area (Å²) in [5.41, 5.74) is 3.66. The summed E-state index contributed by atoms with van der Waals surface area (Å²) in [4.78, 5) is 0. The van der Waals surface area contributed by atoms with Crippen molar-refractivity contribution in [2.45, 2.75) is 13.3 Å². The molecule has 0 spiro atoms. The van der Waals surface area contributed by atoms with Gasteiger partial charge in [-0.05, 0) is 36.6 Å². The Balaban J connectivity index is 2.52. The van der Waals surface area contributed by atoms with Crippen LogP contribution in [-0.4, -0.2) is 7.11 Å². The minimum atomic E-state index is 0.867. The minimum absolute atomic E-state index is 0.867. The number of ether oxygens (including phenoxy) is 1. The molecule has 0 heterocycles. The zero-order chi connectivity index (χ0) is 9.42. The molecule has 0 N–H and O–H groups in total. The van der Waals surface area contributed by atoms with E-state index in [0.717, 1.165) is 22.8 Å². The predicted octanol–water partition coefficient (Wildman–Crippen LogP) is 3.22. The molecule has 2 rings (SSSR count). The third kappa shape index (κ3) is 1.33. The molecule has 0 bridgehead atoms. The average Bonchev–Trinajstić information content (AvgIpc) is 2.43. The highest BCUT2D eigenvalue weighted by molar-refractivity contribution is 6.50. The second-order valence-electron chi connectivity index (χ2n) is 3.29. The Labute approximate surface area is 83.0 Å². The molecule has 0 fully saturated rings. The third-order valence-electron chi connectivity index (χ3n) is 2.38. The highest BCUT2D eigenvalue weighted by Crippen LogP contribution is 2.37. The summed E-state index contributed by atoms with van der Waals surface area (Å²) in [6.45, 7) is 2.06. The van der Waals surface area contributed by atoms with Crippen LogP contribution in [0.5, 0.6) is 5.75 Å². The van der Waals surface area contributed by atoms with Crippen molar-refractivity contribution in [1.82, 2.24) is 0 Å². The van der Waals surface area contributed by atoms with Crippen LogP contribution in [0.1, 0.15) is 18.1 Å². The van der Waals surface area contributed by atoms with Gasteiger partial charge in [0, 0.05) is 10.6 Å². The van der Waals surface area contributed by atoms with E-state index < -0.39 is 0 Å². The van der Waals surface area contributed by atoms with E-state index in [1.807, 2.05) is 12.1 Å². The first kappa shape index (κ1) is 8.64. The number of fused-ring (bicyclic) bond motifs is 1. The highest BCUT2D eigenvalue weighted by atomic mass is 35.5. The first-order chi connectivity index (χ1) is 6.22. The molecule has 0 amide bonds. The number of hydrogen-bond acceptors (Lipinski definition) is 1. The van der Waals surface area contributed by atoms with E-state index in [-0.39, 0.29) is 0 Å². The molecule has 0 saturated heterocycles. The Hall–Kier alpha value is -0.950. The predicted molar refractivity (Wildman–Crippen MR) is 55.1 cm³/mol. The summed E-state index contributed by atoms with van der Waals surface area (Å²) in [7, 11) is 1.67. The second kappa shape index (κ2) is 3.08. The fourth-order valence-corrected chi connectivity index (χ4v) is 1.88. The first-order valence-corrected chi connectivity index (χ1v) is 4.62. The van der Waals surface area contributed by atoms with Crippen LogP contribution in [0.4, 0.5) is 0 Å². The van der Waals surface area contributed by atoms with Gasteiger partial charge in [-0.25, -0.2) is 0 Å². The lowest BCUT2D eigenvalue weighted by atomic mass is 10.1. The van der Waals surface area contributed by atoms with Crippen LogP contribution in [0.2, 0.25) is 0 Å². The SMILES string of the molecule is COc1ccc2c(c1)C(Cl)=C(C)C2. The quantitative estimate of drug-likeness (QED) is 0.667. The summed E-state index contributed by atoms with van der Waals surface area (Å²) in [6, 6.07) is 6.04. The Bertz CT molecular complexity index is 380. The smallest absolute Gasteiger partial charge is 0.119 e. The summed E-state index contributed by atoms with van der Waals surface area (Å²) >= 11 is 6.15. The van der Waals surface area contributed by atoms with E-state index in [2.05, 4.69) is 13.0 Å². The standard InChI is InChI=1S/C11H11ClO/c1-7-5-8-3-4-9(13-2)6-10(8)11(7)12/h3-4,6H,5H2,1-2H3. The molecule has 1 aliphatic rings. The van der Waals surface area contributed by atoms with Gasteiger partial charge >= 0.3 is 0 Å². The second-order valence-corrected chi connectivity index (χ2v) is 3.67. The fourth-order valence-electron chi connectivity index (χ4n) is 1.63. The largest absolute Gasteiger partial charge is 0.497 e. The Kier molecular flexibility index (Phi) is 2.04. The van der Waals surface area contributed by atoms with Crippen LogP contribution in [0, 0.1) is 0 Å². The van der Waals surface area contributed by atoms with E-state index in [1.165, 1.54) is 11.1 Å². The number of methoxy groups -OCH3 is 1. The van der Waals surface area contributed by atoms with Crippen LogP contribution in [0.25, 0.3) is 5.03 Å². The van der Waals surface area contributed by atoms with Crippen molar-refractivity contribution in [3.05, 3.63) is 34.9 Å². The minimum Gasteiger partial charge on any atom is -0.497 e. The van der Waals surface area contributed by atoms with E-state index in [1.54, 1.807) is 7.11 Å². The van der Waals surface area contributed by atoms with Gasteiger partial charge < -0.3 is 4.74 Å². The maximum atomic E-state index is 6.15. The lowest BCUT2D eigenvalue weighted by Gasteiger charge is -2.03. The number of allylic oxidation sites excluding steroid dienone is 1. The highest BCUT2D eigenvalue weighted by Gasteiger charge is 2.17. The van der Waals surface area contributed by atoms with Crippen molar-refractivity contribution in [2.24, 2.45) is 0 Å². The van der Waals surface area contributed by atoms with Gasteiger partial charge in [0.2, 0.25) is 0 Å². The lowest BCUT2D eigenvalue weighted by molar-refractivity contribution is 0.414. The van der Waals surface area contributed by atoms with E-state index in [4.69, 9.17) is 16.3 Å². The number of halogens is 1. The molecule has 0 atom stereocenters. The van der Waals surface area contributed by atoms with E-state index in [0.29, 0.717) is 0 Å². The van der Waals surface area contributed by atoms with Gasteiger partial charge in [0.15, 0.2) is 0 Å². The molecule has 2 heteroatoms. The van der Waals surface area contributed by atoms with Gasteiger partial charge in [-0.2, -0.15) is 0 Å². The summed E-state index contributed by atoms with van der Waals surface area (Å²) in [5.74, 6) is 0.867. The van der Waals surface area contributed by atoms with Gasteiger partial charge in [0.25, 0.3) is 0 Å². The topological polar surface area (TPSA) is 9.23 Å². The van der Waals surface area contributed by atoms with Crippen molar-refractivity contribution >= 4 is 16.6 Å². The maximum absolute atomic E-state index is 6.15. The molecular weight excluding hydrogens is 184 g/mol. The van der Waals surface area contributed by atoms with Crippen LogP contribution in [0.3, 0.4) is 0 Å².